The number of aromatic nitrogens is 3. The Balaban J connectivity index is 1.67. The number of benzene rings is 2. The smallest absolute Gasteiger partial charge is 0.227 e. The molecule has 4 aromatic rings. The zero-order chi connectivity index (χ0) is 15.6. The van der Waals surface area contributed by atoms with Crippen molar-refractivity contribution in [3.8, 4) is 10.6 Å². The normalized spacial score (nSPS) is 10.8. The van der Waals surface area contributed by atoms with Gasteiger partial charge in [0, 0.05) is 34.4 Å². The molecule has 0 atom stereocenters. The summed E-state index contributed by atoms with van der Waals surface area (Å²) in [4.78, 5) is 13.1. The minimum absolute atomic E-state index is 0.302. The molecular weight excluding hydrogens is 311 g/mol. The standard InChI is InChI=1S/C17H11FN4S/c18-13-2-1-3-14(9-13)21-17-20-10-12-8-11(4-5-15(12)22-17)16-19-6-7-23-16/h1-10H,(H,20,21,22). The number of halogens is 1. The molecular formula is C17H11FN4S. The van der Waals surface area contributed by atoms with E-state index < -0.39 is 0 Å². The highest BCUT2D eigenvalue weighted by Gasteiger charge is 2.05. The second kappa shape index (κ2) is 5.73. The number of fused-ring (bicyclic) bond motifs is 1. The molecule has 0 amide bonds. The summed E-state index contributed by atoms with van der Waals surface area (Å²) < 4.78 is 13.2. The summed E-state index contributed by atoms with van der Waals surface area (Å²) in [6, 6.07) is 12.1. The lowest BCUT2D eigenvalue weighted by atomic mass is 10.1. The molecule has 4 rings (SSSR count). The summed E-state index contributed by atoms with van der Waals surface area (Å²) in [7, 11) is 0. The Kier molecular flexibility index (Phi) is 3.44. The van der Waals surface area contributed by atoms with Crippen molar-refractivity contribution in [2.75, 3.05) is 5.32 Å². The number of nitrogens with zero attached hydrogens (tertiary/aromatic N) is 3. The molecule has 23 heavy (non-hydrogen) atoms. The van der Waals surface area contributed by atoms with E-state index in [2.05, 4.69) is 20.3 Å². The molecule has 0 unspecified atom stereocenters. The van der Waals surface area contributed by atoms with E-state index in [1.807, 2.05) is 23.6 Å². The summed E-state index contributed by atoms with van der Waals surface area (Å²) >= 11 is 1.59. The largest absolute Gasteiger partial charge is 0.324 e. The Morgan fingerprint density at radius 1 is 1.04 bits per heavy atom. The molecule has 4 nitrogen and oxygen atoms in total. The van der Waals surface area contributed by atoms with Gasteiger partial charge in [-0.1, -0.05) is 6.07 Å². The number of nitrogens with one attached hydrogen (secondary N) is 1. The Morgan fingerprint density at radius 3 is 2.83 bits per heavy atom. The average Bonchev–Trinajstić information content (AvgIpc) is 3.09. The molecule has 0 saturated heterocycles. The summed E-state index contributed by atoms with van der Waals surface area (Å²) in [5.41, 5.74) is 2.48. The monoisotopic (exact) mass is 322 g/mol. The Hall–Kier alpha value is -2.86. The van der Waals surface area contributed by atoms with E-state index in [1.54, 1.807) is 35.9 Å². The van der Waals surface area contributed by atoms with Gasteiger partial charge in [0.1, 0.15) is 10.8 Å². The molecule has 0 saturated carbocycles. The molecule has 0 radical (unpaired) electrons. The molecule has 1 N–H and O–H groups in total. The molecule has 0 fully saturated rings. The first-order chi connectivity index (χ1) is 11.3. The van der Waals surface area contributed by atoms with Crippen LogP contribution in [0.3, 0.4) is 0 Å². The van der Waals surface area contributed by atoms with E-state index in [0.717, 1.165) is 21.5 Å². The Morgan fingerprint density at radius 2 is 2.00 bits per heavy atom. The van der Waals surface area contributed by atoms with Crippen molar-refractivity contribution in [1.82, 2.24) is 15.0 Å². The molecule has 0 aliphatic carbocycles. The second-order valence-corrected chi connectivity index (χ2v) is 5.83. The van der Waals surface area contributed by atoms with Crippen LogP contribution in [0.5, 0.6) is 0 Å². The van der Waals surface area contributed by atoms with Crippen LogP contribution in [0.15, 0.2) is 60.2 Å². The van der Waals surface area contributed by atoms with Crippen molar-refractivity contribution in [3.05, 3.63) is 66.1 Å². The molecule has 6 heteroatoms. The summed E-state index contributed by atoms with van der Waals surface area (Å²) in [6.45, 7) is 0. The number of rotatable bonds is 3. The van der Waals surface area contributed by atoms with Gasteiger partial charge in [0.15, 0.2) is 0 Å². The fraction of sp³-hybridized carbons (Fsp3) is 0. The van der Waals surface area contributed by atoms with Crippen molar-refractivity contribution in [1.29, 1.82) is 0 Å². The van der Waals surface area contributed by atoms with Crippen LogP contribution in [-0.2, 0) is 0 Å². The third-order valence-corrected chi connectivity index (χ3v) is 4.16. The topological polar surface area (TPSA) is 50.7 Å². The van der Waals surface area contributed by atoms with Crippen LogP contribution in [0.1, 0.15) is 0 Å². The van der Waals surface area contributed by atoms with Gasteiger partial charge in [0.2, 0.25) is 5.95 Å². The van der Waals surface area contributed by atoms with Gasteiger partial charge in [0.05, 0.1) is 5.52 Å². The molecule has 2 aromatic heterocycles. The van der Waals surface area contributed by atoms with Crippen molar-refractivity contribution < 1.29 is 4.39 Å². The van der Waals surface area contributed by atoms with Gasteiger partial charge < -0.3 is 5.32 Å². The molecule has 0 bridgehead atoms. The lowest BCUT2D eigenvalue weighted by Gasteiger charge is -2.06. The highest BCUT2D eigenvalue weighted by molar-refractivity contribution is 7.13. The number of anilines is 2. The summed E-state index contributed by atoms with van der Waals surface area (Å²) in [6.07, 6.45) is 3.54. The molecule has 112 valence electrons. The Bertz CT molecular complexity index is 969. The second-order valence-electron chi connectivity index (χ2n) is 4.94. The fourth-order valence-corrected chi connectivity index (χ4v) is 2.92. The van der Waals surface area contributed by atoms with Gasteiger partial charge in [-0.15, -0.1) is 11.3 Å². The quantitative estimate of drug-likeness (QED) is 0.597. The highest BCUT2D eigenvalue weighted by atomic mass is 32.1. The number of hydrogen-bond acceptors (Lipinski definition) is 5. The van der Waals surface area contributed by atoms with E-state index in [9.17, 15) is 4.39 Å². The maximum Gasteiger partial charge on any atom is 0.227 e. The molecule has 0 spiro atoms. The summed E-state index contributed by atoms with van der Waals surface area (Å²) in [5, 5.41) is 6.85. The molecule has 2 heterocycles. The van der Waals surface area contributed by atoms with Crippen LogP contribution in [0.4, 0.5) is 16.0 Å². The van der Waals surface area contributed by atoms with Gasteiger partial charge >= 0.3 is 0 Å². The van der Waals surface area contributed by atoms with Crippen LogP contribution in [-0.4, -0.2) is 15.0 Å². The fourth-order valence-electron chi connectivity index (χ4n) is 2.29. The first-order valence-electron chi connectivity index (χ1n) is 6.97. The third-order valence-electron chi connectivity index (χ3n) is 3.34. The van der Waals surface area contributed by atoms with Gasteiger partial charge in [-0.3, -0.25) is 0 Å². The SMILES string of the molecule is Fc1cccc(Nc2ncc3cc(-c4nccs4)ccc3n2)c1. The predicted octanol–water partition coefficient (Wildman–Crippen LogP) is 4.64. The van der Waals surface area contributed by atoms with Crippen LogP contribution < -0.4 is 5.32 Å². The zero-order valence-corrected chi connectivity index (χ0v) is 12.7. The Labute approximate surface area is 135 Å². The number of thiazole rings is 1. The van der Waals surface area contributed by atoms with Gasteiger partial charge in [-0.05, 0) is 36.4 Å². The van der Waals surface area contributed by atoms with Crippen LogP contribution in [0.2, 0.25) is 0 Å². The van der Waals surface area contributed by atoms with E-state index in [0.29, 0.717) is 11.6 Å². The predicted molar refractivity (Wildman–Crippen MR) is 90.3 cm³/mol. The van der Waals surface area contributed by atoms with E-state index in [1.165, 1.54) is 12.1 Å². The van der Waals surface area contributed by atoms with Crippen molar-refractivity contribution in [2.24, 2.45) is 0 Å². The van der Waals surface area contributed by atoms with Crippen molar-refractivity contribution >= 4 is 33.9 Å². The molecule has 2 aromatic carbocycles. The van der Waals surface area contributed by atoms with Gasteiger partial charge in [-0.2, -0.15) is 0 Å². The van der Waals surface area contributed by atoms with Crippen LogP contribution in [0.25, 0.3) is 21.5 Å². The van der Waals surface area contributed by atoms with Crippen LogP contribution in [0, 0.1) is 5.82 Å². The van der Waals surface area contributed by atoms with E-state index in [-0.39, 0.29) is 5.82 Å². The first-order valence-corrected chi connectivity index (χ1v) is 7.85. The highest BCUT2D eigenvalue weighted by Crippen LogP contribution is 2.25. The van der Waals surface area contributed by atoms with E-state index in [4.69, 9.17) is 0 Å². The lowest BCUT2D eigenvalue weighted by Crippen LogP contribution is -1.97. The first kappa shape index (κ1) is 13.8. The van der Waals surface area contributed by atoms with Crippen molar-refractivity contribution in [3.63, 3.8) is 0 Å². The number of hydrogen-bond donors (Lipinski definition) is 1. The lowest BCUT2D eigenvalue weighted by molar-refractivity contribution is 0.628. The molecule has 0 aliphatic rings. The van der Waals surface area contributed by atoms with Gasteiger partial charge in [-0.25, -0.2) is 19.3 Å². The van der Waals surface area contributed by atoms with E-state index >= 15 is 0 Å². The van der Waals surface area contributed by atoms with Gasteiger partial charge in [0.25, 0.3) is 0 Å². The minimum Gasteiger partial charge on any atom is -0.324 e. The maximum atomic E-state index is 13.2. The van der Waals surface area contributed by atoms with Crippen molar-refractivity contribution in [2.45, 2.75) is 0 Å². The average molecular weight is 322 g/mol. The summed E-state index contributed by atoms with van der Waals surface area (Å²) in [5.74, 6) is 0.133. The third kappa shape index (κ3) is 2.89. The minimum atomic E-state index is -0.302. The van der Waals surface area contributed by atoms with Crippen LogP contribution >= 0.6 is 11.3 Å². The molecule has 0 aliphatic heterocycles. The zero-order valence-electron chi connectivity index (χ0n) is 11.9. The maximum absolute atomic E-state index is 13.2.